The van der Waals surface area contributed by atoms with Gasteiger partial charge in [-0.3, -0.25) is 0 Å². The van der Waals surface area contributed by atoms with Gasteiger partial charge in [0.05, 0.1) is 12.0 Å². The number of carbonyl (C=O) groups is 1. The maximum atomic E-state index is 11.9. The van der Waals surface area contributed by atoms with Gasteiger partial charge in [0, 0.05) is 12.2 Å². The predicted octanol–water partition coefficient (Wildman–Crippen LogP) is 3.96. The summed E-state index contributed by atoms with van der Waals surface area (Å²) < 4.78 is 11.6. The number of hydrogen-bond acceptors (Lipinski definition) is 3. The summed E-state index contributed by atoms with van der Waals surface area (Å²) in [6, 6.07) is 0. The summed E-state index contributed by atoms with van der Waals surface area (Å²) in [5, 5.41) is 0. The highest BCUT2D eigenvalue weighted by Crippen LogP contribution is 2.36. The molecule has 2 rings (SSSR count). The number of fused-ring (bicyclic) bond motifs is 1. The van der Waals surface area contributed by atoms with Crippen molar-refractivity contribution in [1.29, 1.82) is 0 Å². The third-order valence-electron chi connectivity index (χ3n) is 4.20. The molecular weight excluding hydrogens is 264 g/mol. The number of allylic oxidation sites excluding steroid dienone is 2. The van der Waals surface area contributed by atoms with Crippen LogP contribution in [0.2, 0.25) is 0 Å². The van der Waals surface area contributed by atoms with Crippen molar-refractivity contribution in [3.63, 3.8) is 0 Å². The molecule has 0 bridgehead atoms. The average molecular weight is 290 g/mol. The first-order valence-electron chi connectivity index (χ1n) is 7.87. The van der Waals surface area contributed by atoms with E-state index in [1.807, 2.05) is 0 Å². The molecule has 0 spiro atoms. The summed E-state index contributed by atoms with van der Waals surface area (Å²) in [6.07, 6.45) is 7.94. The van der Waals surface area contributed by atoms with Gasteiger partial charge in [-0.2, -0.15) is 0 Å². The molecule has 1 fully saturated rings. The second-order valence-electron chi connectivity index (χ2n) is 6.14. The van der Waals surface area contributed by atoms with Crippen LogP contribution >= 0.6 is 0 Å². The number of hydrogen-bond donors (Lipinski definition) is 0. The molecule has 1 aliphatic heterocycles. The van der Waals surface area contributed by atoms with Gasteiger partial charge in [-0.1, -0.05) is 30.7 Å². The summed E-state index contributed by atoms with van der Waals surface area (Å²) in [5.74, 6) is -0.347. The summed E-state index contributed by atoms with van der Waals surface area (Å²) in [6.45, 7) is 11.0. The zero-order chi connectivity index (χ0) is 15.4. The van der Waals surface area contributed by atoms with Gasteiger partial charge in [-0.05, 0) is 45.6 Å². The maximum Gasteiger partial charge on any atom is 0.334 e. The Labute approximate surface area is 127 Å². The van der Waals surface area contributed by atoms with Gasteiger partial charge < -0.3 is 9.47 Å². The molecule has 3 heteroatoms. The zero-order valence-corrected chi connectivity index (χ0v) is 13.4. The van der Waals surface area contributed by atoms with E-state index in [1.165, 1.54) is 11.1 Å². The molecule has 0 saturated carbocycles. The van der Waals surface area contributed by atoms with E-state index >= 15 is 0 Å². The van der Waals surface area contributed by atoms with Crippen LogP contribution in [0.1, 0.15) is 46.5 Å². The van der Waals surface area contributed by atoms with Crippen LogP contribution in [0.15, 0.2) is 35.5 Å². The first kappa shape index (κ1) is 16.0. The lowest BCUT2D eigenvalue weighted by Crippen LogP contribution is -2.31. The van der Waals surface area contributed by atoms with Crippen molar-refractivity contribution in [3.8, 4) is 0 Å². The van der Waals surface area contributed by atoms with Gasteiger partial charge in [0.25, 0.3) is 0 Å². The Morgan fingerprint density at radius 2 is 2.14 bits per heavy atom. The molecule has 0 amide bonds. The van der Waals surface area contributed by atoms with Crippen LogP contribution < -0.4 is 0 Å². The van der Waals surface area contributed by atoms with E-state index in [9.17, 15) is 4.79 Å². The fourth-order valence-corrected chi connectivity index (χ4v) is 3.05. The lowest BCUT2D eigenvalue weighted by Gasteiger charge is -2.27. The van der Waals surface area contributed by atoms with E-state index in [-0.39, 0.29) is 24.1 Å². The normalized spacial score (nSPS) is 30.3. The Morgan fingerprint density at radius 3 is 2.86 bits per heavy atom. The lowest BCUT2D eigenvalue weighted by atomic mass is 9.85. The molecule has 0 aromatic rings. The second-order valence-corrected chi connectivity index (χ2v) is 6.14. The van der Waals surface area contributed by atoms with E-state index < -0.39 is 0 Å². The largest absolute Gasteiger partial charge is 0.454 e. The monoisotopic (exact) mass is 290 g/mol. The molecule has 0 N–H and O–H groups in total. The molecule has 0 aromatic carbocycles. The average Bonchev–Trinajstić information content (AvgIpc) is 2.69. The second kappa shape index (κ2) is 7.08. The smallest absolute Gasteiger partial charge is 0.334 e. The third-order valence-corrected chi connectivity index (χ3v) is 4.20. The summed E-state index contributed by atoms with van der Waals surface area (Å²) in [4.78, 5) is 11.9. The number of esters is 1. The Balaban J connectivity index is 2.32. The van der Waals surface area contributed by atoms with Gasteiger partial charge in [0.1, 0.15) is 6.10 Å². The van der Waals surface area contributed by atoms with Gasteiger partial charge in [0.15, 0.2) is 0 Å². The van der Waals surface area contributed by atoms with Crippen molar-refractivity contribution >= 4 is 5.97 Å². The molecule has 0 aromatic heterocycles. The van der Waals surface area contributed by atoms with E-state index in [2.05, 4.69) is 39.5 Å². The van der Waals surface area contributed by atoms with E-state index in [0.29, 0.717) is 12.2 Å². The Bertz CT molecular complexity index is 473. The first-order chi connectivity index (χ1) is 10.0. The molecular formula is C18H26O3. The topological polar surface area (TPSA) is 35.5 Å². The van der Waals surface area contributed by atoms with E-state index in [0.717, 1.165) is 25.7 Å². The van der Waals surface area contributed by atoms with Crippen molar-refractivity contribution in [2.24, 2.45) is 5.92 Å². The molecule has 3 unspecified atom stereocenters. The standard InChI is InChI=1S/C18H26O3/c1-5-9-20-15-10-12(2)7-6-8-13(3)11-16-17(15)14(4)18(19)21-16/h7,11,15-17H,4-6,8-10H2,1-3H3. The third kappa shape index (κ3) is 3.85. The van der Waals surface area contributed by atoms with Crippen LogP contribution in [0.25, 0.3) is 0 Å². The highest BCUT2D eigenvalue weighted by Gasteiger charge is 2.43. The van der Waals surface area contributed by atoms with Gasteiger partial charge in [-0.15, -0.1) is 0 Å². The highest BCUT2D eigenvalue weighted by molar-refractivity contribution is 5.91. The minimum atomic E-state index is -0.278. The molecule has 3 atom stereocenters. The quantitative estimate of drug-likeness (QED) is 0.448. The van der Waals surface area contributed by atoms with Crippen molar-refractivity contribution in [2.75, 3.05) is 6.61 Å². The first-order valence-corrected chi connectivity index (χ1v) is 7.87. The van der Waals surface area contributed by atoms with E-state index in [4.69, 9.17) is 9.47 Å². The van der Waals surface area contributed by atoms with Crippen molar-refractivity contribution < 1.29 is 14.3 Å². The number of ether oxygens (including phenoxy) is 2. The highest BCUT2D eigenvalue weighted by atomic mass is 16.6. The summed E-state index contributed by atoms with van der Waals surface area (Å²) in [5.41, 5.74) is 3.13. The fraction of sp³-hybridized carbons (Fsp3) is 0.611. The molecule has 0 radical (unpaired) electrons. The molecule has 2 aliphatic rings. The van der Waals surface area contributed by atoms with E-state index in [1.54, 1.807) is 0 Å². The van der Waals surface area contributed by atoms with Crippen molar-refractivity contribution in [3.05, 3.63) is 35.5 Å². The summed E-state index contributed by atoms with van der Waals surface area (Å²) in [7, 11) is 0. The van der Waals surface area contributed by atoms with Crippen molar-refractivity contribution in [1.82, 2.24) is 0 Å². The van der Waals surface area contributed by atoms with Crippen molar-refractivity contribution in [2.45, 2.75) is 58.7 Å². The van der Waals surface area contributed by atoms with Gasteiger partial charge in [0.2, 0.25) is 0 Å². The number of carbonyl (C=O) groups excluding carboxylic acids is 1. The van der Waals surface area contributed by atoms with Gasteiger partial charge >= 0.3 is 5.97 Å². The minimum Gasteiger partial charge on any atom is -0.454 e. The van der Waals surface area contributed by atoms with Crippen LogP contribution in [0.4, 0.5) is 0 Å². The zero-order valence-electron chi connectivity index (χ0n) is 13.4. The Morgan fingerprint density at radius 1 is 1.38 bits per heavy atom. The molecule has 3 nitrogen and oxygen atoms in total. The van der Waals surface area contributed by atoms with Crippen LogP contribution in [0, 0.1) is 5.92 Å². The Hall–Kier alpha value is -1.35. The predicted molar refractivity (Wildman–Crippen MR) is 83.9 cm³/mol. The van der Waals surface area contributed by atoms with Gasteiger partial charge in [-0.25, -0.2) is 4.79 Å². The molecule has 1 heterocycles. The lowest BCUT2D eigenvalue weighted by molar-refractivity contribution is -0.137. The van der Waals surface area contributed by atoms with Crippen LogP contribution in [-0.2, 0) is 14.3 Å². The Kier molecular flexibility index (Phi) is 5.40. The number of rotatable bonds is 3. The van der Waals surface area contributed by atoms with Crippen LogP contribution in [0.5, 0.6) is 0 Å². The summed E-state index contributed by atoms with van der Waals surface area (Å²) >= 11 is 0. The molecule has 1 aliphatic carbocycles. The fourth-order valence-electron chi connectivity index (χ4n) is 3.05. The maximum absolute atomic E-state index is 11.9. The van der Waals surface area contributed by atoms with Crippen LogP contribution in [-0.4, -0.2) is 24.8 Å². The van der Waals surface area contributed by atoms with Crippen LogP contribution in [0.3, 0.4) is 0 Å². The molecule has 116 valence electrons. The SMILES string of the molecule is C=C1C(=O)OC2C=C(C)CCC=C(C)CC(OCCC)C12. The molecule has 21 heavy (non-hydrogen) atoms. The minimum absolute atomic E-state index is 0.0349. The molecule has 1 saturated heterocycles.